The minimum atomic E-state index is -0.647. The second kappa shape index (κ2) is 3.22. The number of hydrogen-bond donors (Lipinski definition) is 2. The summed E-state index contributed by atoms with van der Waals surface area (Å²) in [6.45, 7) is 3.04. The molecule has 3 fully saturated rings. The molecular formula is C13H21NO2. The number of rotatable bonds is 3. The van der Waals surface area contributed by atoms with Crippen molar-refractivity contribution in [2.24, 2.45) is 40.7 Å². The first-order valence-corrected chi connectivity index (χ1v) is 6.52. The molecule has 3 nitrogen and oxygen atoms in total. The summed E-state index contributed by atoms with van der Waals surface area (Å²) in [5, 5.41) is 8.94. The molecule has 3 heteroatoms. The van der Waals surface area contributed by atoms with Gasteiger partial charge in [0.2, 0.25) is 0 Å². The first kappa shape index (κ1) is 10.6. The zero-order valence-corrected chi connectivity index (χ0v) is 9.86. The Labute approximate surface area is 96.4 Å². The first-order chi connectivity index (χ1) is 7.60. The van der Waals surface area contributed by atoms with Gasteiger partial charge in [-0.3, -0.25) is 4.79 Å². The van der Waals surface area contributed by atoms with Crippen molar-refractivity contribution >= 4 is 5.97 Å². The maximum atomic E-state index is 10.9. The van der Waals surface area contributed by atoms with E-state index in [-0.39, 0.29) is 5.41 Å². The monoisotopic (exact) mass is 223 g/mol. The average Bonchev–Trinajstić information content (AvgIpc) is 3.04. The van der Waals surface area contributed by atoms with E-state index >= 15 is 0 Å². The number of aliphatic carboxylic acids is 1. The molecule has 90 valence electrons. The van der Waals surface area contributed by atoms with E-state index in [2.05, 4.69) is 6.92 Å². The molecule has 0 aromatic rings. The lowest BCUT2D eigenvalue weighted by Gasteiger charge is -2.14. The number of hydrogen-bond acceptors (Lipinski definition) is 2. The molecule has 0 aromatic carbocycles. The second-order valence-electron chi connectivity index (χ2n) is 6.21. The van der Waals surface area contributed by atoms with Crippen LogP contribution in [0.4, 0.5) is 0 Å². The third-order valence-corrected chi connectivity index (χ3v) is 5.86. The first-order valence-electron chi connectivity index (χ1n) is 6.52. The maximum Gasteiger partial charge on any atom is 0.303 e. The van der Waals surface area contributed by atoms with E-state index in [4.69, 9.17) is 10.8 Å². The predicted molar refractivity (Wildman–Crippen MR) is 60.7 cm³/mol. The van der Waals surface area contributed by atoms with Crippen molar-refractivity contribution in [3.8, 4) is 0 Å². The Kier molecular flexibility index (Phi) is 2.13. The molecule has 6 atom stereocenters. The highest BCUT2D eigenvalue weighted by atomic mass is 16.4. The van der Waals surface area contributed by atoms with Crippen molar-refractivity contribution < 1.29 is 9.90 Å². The molecule has 3 rings (SSSR count). The quantitative estimate of drug-likeness (QED) is 0.765. The van der Waals surface area contributed by atoms with Crippen LogP contribution in [0.15, 0.2) is 0 Å². The lowest BCUT2D eigenvalue weighted by atomic mass is 9.93. The molecule has 6 unspecified atom stereocenters. The third kappa shape index (κ3) is 1.27. The van der Waals surface area contributed by atoms with E-state index < -0.39 is 5.97 Å². The van der Waals surface area contributed by atoms with Crippen LogP contribution in [0.5, 0.6) is 0 Å². The highest BCUT2D eigenvalue weighted by Crippen LogP contribution is 2.72. The molecule has 0 aliphatic heterocycles. The van der Waals surface area contributed by atoms with E-state index in [1.165, 1.54) is 19.3 Å². The Morgan fingerprint density at radius 1 is 1.50 bits per heavy atom. The molecule has 0 heterocycles. The zero-order valence-electron chi connectivity index (χ0n) is 9.86. The lowest BCUT2D eigenvalue weighted by molar-refractivity contribution is -0.137. The fourth-order valence-corrected chi connectivity index (χ4v) is 4.61. The molecule has 3 saturated carbocycles. The van der Waals surface area contributed by atoms with Crippen molar-refractivity contribution in [1.82, 2.24) is 0 Å². The summed E-state index contributed by atoms with van der Waals surface area (Å²) in [5.74, 6) is 3.06. The van der Waals surface area contributed by atoms with Gasteiger partial charge >= 0.3 is 5.97 Å². The van der Waals surface area contributed by atoms with E-state index in [0.717, 1.165) is 17.8 Å². The molecule has 3 aliphatic rings. The summed E-state index contributed by atoms with van der Waals surface area (Å²) in [6.07, 6.45) is 4.06. The number of fused-ring (bicyclic) bond motifs is 2. The zero-order chi connectivity index (χ0) is 11.5. The molecule has 0 radical (unpaired) electrons. The summed E-state index contributed by atoms with van der Waals surface area (Å²) < 4.78 is 0. The number of carboxylic acid groups (broad SMARTS) is 1. The third-order valence-electron chi connectivity index (χ3n) is 5.86. The van der Waals surface area contributed by atoms with Crippen LogP contribution < -0.4 is 5.73 Å². The molecule has 0 amide bonds. The lowest BCUT2D eigenvalue weighted by Crippen LogP contribution is -2.20. The number of carboxylic acids is 1. The Morgan fingerprint density at radius 3 is 2.88 bits per heavy atom. The van der Waals surface area contributed by atoms with Crippen LogP contribution in [0.1, 0.15) is 32.6 Å². The van der Waals surface area contributed by atoms with Gasteiger partial charge in [0.1, 0.15) is 0 Å². The van der Waals surface area contributed by atoms with Crippen LogP contribution in [0, 0.1) is 35.0 Å². The maximum absolute atomic E-state index is 10.9. The van der Waals surface area contributed by atoms with E-state index in [0.29, 0.717) is 24.8 Å². The Bertz CT molecular complexity index is 330. The standard InChI is InChI=1S/C13H21NO2/c1-7-8-2-3-13(6-14)10(4-9(7)8)11(13)5-12(15)16/h7-11H,2-6,14H2,1H3,(H,15,16). The van der Waals surface area contributed by atoms with E-state index in [9.17, 15) is 4.79 Å². The highest BCUT2D eigenvalue weighted by Gasteiger charge is 2.67. The number of nitrogens with two attached hydrogens (primary N) is 1. The van der Waals surface area contributed by atoms with Crippen molar-refractivity contribution in [1.29, 1.82) is 0 Å². The number of carbonyl (C=O) groups is 1. The minimum Gasteiger partial charge on any atom is -0.481 e. The van der Waals surface area contributed by atoms with Crippen LogP contribution in [-0.4, -0.2) is 17.6 Å². The van der Waals surface area contributed by atoms with Gasteiger partial charge in [0.15, 0.2) is 0 Å². The summed E-state index contributed by atoms with van der Waals surface area (Å²) in [6, 6.07) is 0. The van der Waals surface area contributed by atoms with Crippen LogP contribution in [0.2, 0.25) is 0 Å². The average molecular weight is 223 g/mol. The Hall–Kier alpha value is -0.570. The van der Waals surface area contributed by atoms with Gasteiger partial charge in [-0.25, -0.2) is 0 Å². The predicted octanol–water partition coefficient (Wildman–Crippen LogP) is 1.72. The molecule has 3 N–H and O–H groups in total. The van der Waals surface area contributed by atoms with Crippen LogP contribution in [-0.2, 0) is 4.79 Å². The van der Waals surface area contributed by atoms with Gasteiger partial charge in [-0.1, -0.05) is 6.92 Å². The van der Waals surface area contributed by atoms with Gasteiger partial charge in [0, 0.05) is 6.42 Å². The molecule has 3 aliphatic carbocycles. The second-order valence-corrected chi connectivity index (χ2v) is 6.21. The molecule has 0 spiro atoms. The summed E-state index contributed by atoms with van der Waals surface area (Å²) in [7, 11) is 0. The Balaban J connectivity index is 1.73. The molecule has 16 heavy (non-hydrogen) atoms. The summed E-state index contributed by atoms with van der Waals surface area (Å²) in [5.41, 5.74) is 6.13. The molecular weight excluding hydrogens is 202 g/mol. The SMILES string of the molecule is CC1C2CCC3(CN)C(CC(=O)O)C3CC12. The molecule has 0 aromatic heterocycles. The molecule has 0 bridgehead atoms. The fraction of sp³-hybridized carbons (Fsp3) is 0.923. The summed E-state index contributed by atoms with van der Waals surface area (Å²) in [4.78, 5) is 10.9. The Morgan fingerprint density at radius 2 is 2.25 bits per heavy atom. The van der Waals surface area contributed by atoms with Gasteiger partial charge in [0.05, 0.1) is 0 Å². The molecule has 0 saturated heterocycles. The van der Waals surface area contributed by atoms with Crippen LogP contribution in [0.3, 0.4) is 0 Å². The highest BCUT2D eigenvalue weighted by molar-refractivity contribution is 5.68. The largest absolute Gasteiger partial charge is 0.481 e. The van der Waals surface area contributed by atoms with E-state index in [1.807, 2.05) is 0 Å². The fourth-order valence-electron chi connectivity index (χ4n) is 4.61. The van der Waals surface area contributed by atoms with Crippen molar-refractivity contribution in [2.75, 3.05) is 6.54 Å². The van der Waals surface area contributed by atoms with Crippen LogP contribution in [0.25, 0.3) is 0 Å². The van der Waals surface area contributed by atoms with Gasteiger partial charge in [-0.2, -0.15) is 0 Å². The van der Waals surface area contributed by atoms with Crippen molar-refractivity contribution in [3.63, 3.8) is 0 Å². The normalized spacial score (nSPS) is 53.5. The van der Waals surface area contributed by atoms with Crippen LogP contribution >= 0.6 is 0 Å². The van der Waals surface area contributed by atoms with Crippen molar-refractivity contribution in [3.05, 3.63) is 0 Å². The summed E-state index contributed by atoms with van der Waals surface area (Å²) >= 11 is 0. The van der Waals surface area contributed by atoms with E-state index in [1.54, 1.807) is 0 Å². The topological polar surface area (TPSA) is 63.3 Å². The minimum absolute atomic E-state index is 0.214. The van der Waals surface area contributed by atoms with Crippen molar-refractivity contribution in [2.45, 2.75) is 32.6 Å². The van der Waals surface area contributed by atoms with Gasteiger partial charge < -0.3 is 10.8 Å². The van der Waals surface area contributed by atoms with Gasteiger partial charge in [-0.05, 0) is 60.8 Å². The van der Waals surface area contributed by atoms with Gasteiger partial charge in [-0.15, -0.1) is 0 Å². The van der Waals surface area contributed by atoms with Gasteiger partial charge in [0.25, 0.3) is 0 Å². The smallest absolute Gasteiger partial charge is 0.303 e.